The van der Waals surface area contributed by atoms with Gasteiger partial charge in [-0.1, -0.05) is 25.1 Å². The summed E-state index contributed by atoms with van der Waals surface area (Å²) in [6.07, 6.45) is 0. The first-order valence-corrected chi connectivity index (χ1v) is 7.75. The number of nitrogens with one attached hydrogen (secondary N) is 1. The fourth-order valence-electron chi connectivity index (χ4n) is 2.57. The number of hydrogen-bond donors (Lipinski definition) is 1. The van der Waals surface area contributed by atoms with Gasteiger partial charge in [0.2, 0.25) is 0 Å². The summed E-state index contributed by atoms with van der Waals surface area (Å²) in [7, 11) is 0. The van der Waals surface area contributed by atoms with Crippen LogP contribution in [0, 0.1) is 13.8 Å². The second kappa shape index (κ2) is 7.32. The lowest BCUT2D eigenvalue weighted by Crippen LogP contribution is -2.22. The zero-order valence-electron chi connectivity index (χ0n) is 13.6. The van der Waals surface area contributed by atoms with Crippen LogP contribution >= 0.6 is 0 Å². The van der Waals surface area contributed by atoms with Crippen LogP contribution in [0.4, 0.5) is 5.69 Å². The van der Waals surface area contributed by atoms with E-state index in [4.69, 9.17) is 4.42 Å². The summed E-state index contributed by atoms with van der Waals surface area (Å²) in [5.74, 6) is 2.05. The topological polar surface area (TPSA) is 28.4 Å². The maximum absolute atomic E-state index is 5.92. The van der Waals surface area contributed by atoms with Crippen LogP contribution in [0.5, 0.6) is 0 Å². The van der Waals surface area contributed by atoms with E-state index in [1.54, 1.807) is 0 Å². The minimum atomic E-state index is 0.814. The summed E-state index contributed by atoms with van der Waals surface area (Å²) in [5.41, 5.74) is 3.84. The van der Waals surface area contributed by atoms with Crippen molar-refractivity contribution in [2.75, 3.05) is 18.0 Å². The Balaban J connectivity index is 2.14. The monoisotopic (exact) mass is 286 g/mol. The predicted octanol–water partition coefficient (Wildman–Crippen LogP) is 4.03. The summed E-state index contributed by atoms with van der Waals surface area (Å²) in [6.45, 7) is 12.1. The van der Waals surface area contributed by atoms with Gasteiger partial charge in [0.15, 0.2) is 0 Å². The van der Waals surface area contributed by atoms with Crippen molar-refractivity contribution in [3.63, 3.8) is 0 Å². The lowest BCUT2D eigenvalue weighted by Gasteiger charge is -2.23. The van der Waals surface area contributed by atoms with Gasteiger partial charge >= 0.3 is 0 Å². The van der Waals surface area contributed by atoms with Gasteiger partial charge in [0.25, 0.3) is 0 Å². The molecule has 0 amide bonds. The number of benzene rings is 1. The van der Waals surface area contributed by atoms with Crippen molar-refractivity contribution in [3.8, 4) is 0 Å². The maximum atomic E-state index is 5.92. The van der Waals surface area contributed by atoms with Gasteiger partial charge in [-0.15, -0.1) is 0 Å². The molecular weight excluding hydrogens is 260 g/mol. The molecule has 1 heterocycles. The molecule has 0 saturated heterocycles. The fraction of sp³-hybridized carbons (Fsp3) is 0.444. The summed E-state index contributed by atoms with van der Waals surface area (Å²) < 4.78 is 5.92. The molecule has 1 N–H and O–H groups in total. The lowest BCUT2D eigenvalue weighted by molar-refractivity contribution is 0.475. The van der Waals surface area contributed by atoms with E-state index in [1.807, 2.05) is 6.92 Å². The van der Waals surface area contributed by atoms with Gasteiger partial charge in [-0.05, 0) is 45.0 Å². The summed E-state index contributed by atoms with van der Waals surface area (Å²) >= 11 is 0. The SMILES string of the molecule is CCNCc1cc(CN(CC)c2ccccc2C)oc1C. The number of aryl methyl sites for hydroxylation is 2. The van der Waals surface area contributed by atoms with Gasteiger partial charge in [-0.2, -0.15) is 0 Å². The van der Waals surface area contributed by atoms with E-state index in [9.17, 15) is 0 Å². The molecule has 1 aromatic carbocycles. The highest BCUT2D eigenvalue weighted by atomic mass is 16.3. The molecule has 2 aromatic rings. The molecule has 1 aromatic heterocycles. The number of furan rings is 1. The van der Waals surface area contributed by atoms with Crippen LogP contribution in [-0.2, 0) is 13.1 Å². The van der Waals surface area contributed by atoms with E-state index < -0.39 is 0 Å². The first-order valence-electron chi connectivity index (χ1n) is 7.75. The van der Waals surface area contributed by atoms with E-state index in [2.05, 4.69) is 61.3 Å². The van der Waals surface area contributed by atoms with E-state index >= 15 is 0 Å². The van der Waals surface area contributed by atoms with Crippen molar-refractivity contribution in [1.29, 1.82) is 0 Å². The van der Waals surface area contributed by atoms with Gasteiger partial charge in [0, 0.05) is 24.3 Å². The highest BCUT2D eigenvalue weighted by molar-refractivity contribution is 5.53. The number of nitrogens with zero attached hydrogens (tertiary/aromatic N) is 1. The summed E-state index contributed by atoms with van der Waals surface area (Å²) in [6, 6.07) is 10.7. The van der Waals surface area contributed by atoms with Crippen LogP contribution in [0.3, 0.4) is 0 Å². The molecule has 0 unspecified atom stereocenters. The van der Waals surface area contributed by atoms with Crippen LogP contribution in [0.1, 0.15) is 36.5 Å². The second-order valence-electron chi connectivity index (χ2n) is 5.38. The van der Waals surface area contributed by atoms with E-state index in [0.717, 1.165) is 37.7 Å². The van der Waals surface area contributed by atoms with Gasteiger partial charge < -0.3 is 14.6 Å². The Hall–Kier alpha value is -1.74. The number of rotatable bonds is 7. The second-order valence-corrected chi connectivity index (χ2v) is 5.38. The Morgan fingerprint density at radius 1 is 1.14 bits per heavy atom. The third-order valence-electron chi connectivity index (χ3n) is 3.82. The molecule has 3 nitrogen and oxygen atoms in total. The van der Waals surface area contributed by atoms with Crippen LogP contribution in [0.2, 0.25) is 0 Å². The summed E-state index contributed by atoms with van der Waals surface area (Å²) in [4.78, 5) is 2.35. The van der Waals surface area contributed by atoms with Gasteiger partial charge in [0.1, 0.15) is 11.5 Å². The first kappa shape index (κ1) is 15.6. The van der Waals surface area contributed by atoms with Crippen molar-refractivity contribution in [1.82, 2.24) is 5.32 Å². The summed E-state index contributed by atoms with van der Waals surface area (Å²) in [5, 5.41) is 3.35. The van der Waals surface area contributed by atoms with Crippen molar-refractivity contribution < 1.29 is 4.42 Å². The van der Waals surface area contributed by atoms with Gasteiger partial charge in [-0.25, -0.2) is 0 Å². The van der Waals surface area contributed by atoms with Gasteiger partial charge in [0.05, 0.1) is 6.54 Å². The molecule has 114 valence electrons. The van der Waals surface area contributed by atoms with Crippen molar-refractivity contribution >= 4 is 5.69 Å². The average Bonchev–Trinajstić information content (AvgIpc) is 2.83. The Bertz CT molecular complexity index is 574. The molecule has 0 fully saturated rings. The Morgan fingerprint density at radius 2 is 1.90 bits per heavy atom. The molecule has 0 spiro atoms. The van der Waals surface area contributed by atoms with Crippen molar-refractivity contribution in [2.24, 2.45) is 0 Å². The molecule has 0 aliphatic rings. The number of para-hydroxylation sites is 1. The third-order valence-corrected chi connectivity index (χ3v) is 3.82. The zero-order valence-corrected chi connectivity index (χ0v) is 13.6. The van der Waals surface area contributed by atoms with Crippen LogP contribution < -0.4 is 10.2 Å². The zero-order chi connectivity index (χ0) is 15.2. The van der Waals surface area contributed by atoms with E-state index in [1.165, 1.54) is 16.8 Å². The Kier molecular flexibility index (Phi) is 5.45. The standard InChI is InChI=1S/C18H26N2O/c1-5-19-12-16-11-17(21-15(16)4)13-20(6-2)18-10-8-7-9-14(18)3/h7-11,19H,5-6,12-13H2,1-4H3. The molecule has 3 heteroatoms. The Labute approximate surface area is 128 Å². The molecule has 0 saturated carbocycles. The average molecular weight is 286 g/mol. The van der Waals surface area contributed by atoms with Crippen molar-refractivity contribution in [2.45, 2.75) is 40.8 Å². The number of hydrogen-bond acceptors (Lipinski definition) is 3. The molecule has 0 aliphatic carbocycles. The fourth-order valence-corrected chi connectivity index (χ4v) is 2.57. The normalized spacial score (nSPS) is 10.9. The largest absolute Gasteiger partial charge is 0.464 e. The number of anilines is 1. The smallest absolute Gasteiger partial charge is 0.123 e. The molecule has 0 radical (unpaired) electrons. The third kappa shape index (κ3) is 3.88. The molecule has 0 aliphatic heterocycles. The van der Waals surface area contributed by atoms with Crippen LogP contribution in [0.15, 0.2) is 34.7 Å². The molecule has 0 bridgehead atoms. The van der Waals surface area contributed by atoms with E-state index in [0.29, 0.717) is 0 Å². The molecular formula is C18H26N2O. The maximum Gasteiger partial charge on any atom is 0.123 e. The lowest BCUT2D eigenvalue weighted by atomic mass is 10.1. The van der Waals surface area contributed by atoms with Crippen LogP contribution in [-0.4, -0.2) is 13.1 Å². The quantitative estimate of drug-likeness (QED) is 0.833. The minimum absolute atomic E-state index is 0.814. The molecule has 2 rings (SSSR count). The highest BCUT2D eigenvalue weighted by Crippen LogP contribution is 2.23. The van der Waals surface area contributed by atoms with Gasteiger partial charge in [-0.3, -0.25) is 0 Å². The van der Waals surface area contributed by atoms with E-state index in [-0.39, 0.29) is 0 Å². The molecule has 21 heavy (non-hydrogen) atoms. The van der Waals surface area contributed by atoms with Crippen molar-refractivity contribution in [3.05, 3.63) is 53.0 Å². The predicted molar refractivity (Wildman–Crippen MR) is 88.7 cm³/mol. The minimum Gasteiger partial charge on any atom is -0.464 e. The highest BCUT2D eigenvalue weighted by Gasteiger charge is 2.12. The Morgan fingerprint density at radius 3 is 2.57 bits per heavy atom. The molecule has 0 atom stereocenters. The van der Waals surface area contributed by atoms with Crippen LogP contribution in [0.25, 0.3) is 0 Å². The first-order chi connectivity index (χ1) is 10.2.